The van der Waals surface area contributed by atoms with Crippen LogP contribution in [-0.4, -0.2) is 39.5 Å². The number of imide groups is 1. The number of amides is 3. The maximum Gasteiger partial charge on any atom is 0.351 e. The molecule has 1 aromatic carbocycles. The lowest BCUT2D eigenvalue weighted by molar-refractivity contribution is -0.130. The van der Waals surface area contributed by atoms with Gasteiger partial charge in [0.15, 0.2) is 11.5 Å². The average Bonchev–Trinajstić information content (AvgIpc) is 3.33. The van der Waals surface area contributed by atoms with E-state index in [1.54, 1.807) is 12.2 Å². The quantitative estimate of drug-likeness (QED) is 0.718. The molecule has 10 heteroatoms. The van der Waals surface area contributed by atoms with Crippen molar-refractivity contribution >= 4 is 33.6 Å². The minimum absolute atomic E-state index is 0.0727. The van der Waals surface area contributed by atoms with Crippen LogP contribution in [0.3, 0.4) is 0 Å². The molecule has 0 saturated carbocycles. The largest absolute Gasteiger partial charge is 0.454 e. The third-order valence-electron chi connectivity index (χ3n) is 4.45. The number of hydrogen-bond donors (Lipinski definition) is 0. The third-order valence-corrected chi connectivity index (χ3v) is 5.14. The molecule has 2 aliphatic heterocycles. The molecule has 9 nitrogen and oxygen atoms in total. The van der Waals surface area contributed by atoms with Crippen molar-refractivity contribution in [1.29, 1.82) is 0 Å². The van der Waals surface area contributed by atoms with Gasteiger partial charge in [-0.2, -0.15) is 9.98 Å². The number of aromatic nitrogens is 2. The molecule has 3 heterocycles. The van der Waals surface area contributed by atoms with Crippen molar-refractivity contribution in [2.24, 2.45) is 10.9 Å². The zero-order valence-corrected chi connectivity index (χ0v) is 15.7. The minimum Gasteiger partial charge on any atom is -0.454 e. The van der Waals surface area contributed by atoms with Gasteiger partial charge in [0.1, 0.15) is 12.5 Å². The van der Waals surface area contributed by atoms with Gasteiger partial charge in [-0.25, -0.2) is 4.79 Å². The molecule has 2 aromatic rings. The number of hydrogen-bond acceptors (Lipinski definition) is 7. The summed E-state index contributed by atoms with van der Waals surface area (Å²) in [7, 11) is 0. The number of allylic oxidation sites excluding steroid dienone is 1. The number of nitrogens with zero attached hydrogens (tertiary/aromatic N) is 4. The normalized spacial score (nSPS) is 20.5. The van der Waals surface area contributed by atoms with Crippen molar-refractivity contribution < 1.29 is 23.6 Å². The van der Waals surface area contributed by atoms with E-state index in [1.807, 2.05) is 24.3 Å². The summed E-state index contributed by atoms with van der Waals surface area (Å²) in [6, 6.07) is 6.70. The second-order valence-electron chi connectivity index (χ2n) is 6.16. The molecule has 0 bridgehead atoms. The van der Waals surface area contributed by atoms with Crippen LogP contribution in [0.5, 0.6) is 0 Å². The Kier molecular flexibility index (Phi) is 3.86. The molecular weight excluding hydrogens is 432 g/mol. The van der Waals surface area contributed by atoms with Gasteiger partial charge in [-0.1, -0.05) is 33.2 Å². The molecule has 1 saturated heterocycles. The fraction of sp³-hybridized carbons (Fsp3) is 0.167. The summed E-state index contributed by atoms with van der Waals surface area (Å²) < 4.78 is 16.6. The van der Waals surface area contributed by atoms with E-state index in [4.69, 9.17) is 14.0 Å². The van der Waals surface area contributed by atoms with E-state index >= 15 is 0 Å². The lowest BCUT2D eigenvalue weighted by Crippen LogP contribution is -2.46. The zero-order chi connectivity index (χ0) is 19.3. The Morgan fingerprint density at radius 3 is 2.86 bits per heavy atom. The highest BCUT2D eigenvalue weighted by atomic mass is 79.9. The monoisotopic (exact) mass is 442 g/mol. The lowest BCUT2D eigenvalue weighted by atomic mass is 9.94. The van der Waals surface area contributed by atoms with Crippen LogP contribution in [0.15, 0.2) is 61.9 Å². The molecule has 1 fully saturated rings. The number of fused-ring (bicyclic) bond motifs is 2. The Hall–Kier alpha value is -3.27. The Morgan fingerprint density at radius 1 is 1.18 bits per heavy atom. The molecule has 1 unspecified atom stereocenters. The van der Waals surface area contributed by atoms with Gasteiger partial charge in [0.2, 0.25) is 24.4 Å². The van der Waals surface area contributed by atoms with Crippen LogP contribution in [-0.2, 0) is 20.8 Å². The summed E-state index contributed by atoms with van der Waals surface area (Å²) in [6.07, 6.45) is 3.15. The van der Waals surface area contributed by atoms with Gasteiger partial charge < -0.3 is 14.0 Å². The van der Waals surface area contributed by atoms with Gasteiger partial charge in [-0.15, -0.1) is 0 Å². The van der Waals surface area contributed by atoms with Crippen LogP contribution in [0.1, 0.15) is 5.89 Å². The first-order valence-electron chi connectivity index (χ1n) is 8.31. The lowest BCUT2D eigenvalue weighted by Gasteiger charge is -2.27. The number of urea groups is 1. The second-order valence-corrected chi connectivity index (χ2v) is 7.01. The Morgan fingerprint density at radius 2 is 2.00 bits per heavy atom. The van der Waals surface area contributed by atoms with E-state index in [-0.39, 0.29) is 19.2 Å². The van der Waals surface area contributed by atoms with Gasteiger partial charge in [-0.05, 0) is 18.2 Å². The van der Waals surface area contributed by atoms with Crippen molar-refractivity contribution in [2.45, 2.75) is 6.54 Å². The van der Waals surface area contributed by atoms with Crippen LogP contribution in [0, 0.1) is 5.92 Å². The Bertz CT molecular complexity index is 1100. The number of benzene rings is 1. The standard InChI is InChI=1S/C18H11BrN4O5/c19-11-4-2-1-3-9(11)16-21-15(28-22-16)7-23-17(24)10-5-13-14(27-8-26-13)6-12(10)20-18(23)25/h1-6,10H,7-8H2. The first-order valence-corrected chi connectivity index (χ1v) is 9.10. The van der Waals surface area contributed by atoms with Crippen molar-refractivity contribution in [3.8, 4) is 11.4 Å². The van der Waals surface area contributed by atoms with E-state index in [2.05, 4.69) is 31.1 Å². The fourth-order valence-electron chi connectivity index (χ4n) is 3.09. The summed E-state index contributed by atoms with van der Waals surface area (Å²) in [6.45, 7) is -0.0944. The molecular formula is C18H11BrN4O5. The van der Waals surface area contributed by atoms with E-state index in [0.717, 1.165) is 14.9 Å². The molecule has 0 radical (unpaired) electrons. The molecule has 1 aromatic heterocycles. The fourth-order valence-corrected chi connectivity index (χ4v) is 3.55. The highest BCUT2D eigenvalue weighted by Crippen LogP contribution is 2.31. The van der Waals surface area contributed by atoms with E-state index in [0.29, 0.717) is 23.1 Å². The molecule has 0 spiro atoms. The maximum absolute atomic E-state index is 12.9. The number of aliphatic imine (C=N–C) groups is 1. The molecule has 140 valence electrons. The van der Waals surface area contributed by atoms with Crippen LogP contribution < -0.4 is 0 Å². The van der Waals surface area contributed by atoms with Gasteiger partial charge in [0, 0.05) is 16.1 Å². The minimum atomic E-state index is -0.719. The summed E-state index contributed by atoms with van der Waals surface area (Å²) in [4.78, 5) is 34.5. The van der Waals surface area contributed by atoms with E-state index in [1.165, 1.54) is 0 Å². The number of halogens is 1. The SMILES string of the molecule is O=C1N=C2C=C3OCOC3=CC2C(=O)N1Cc1nc(-c2ccccc2Br)no1. The highest BCUT2D eigenvalue weighted by Gasteiger charge is 2.40. The van der Waals surface area contributed by atoms with Gasteiger partial charge in [0.25, 0.3) is 0 Å². The highest BCUT2D eigenvalue weighted by molar-refractivity contribution is 9.10. The molecule has 3 aliphatic rings. The van der Waals surface area contributed by atoms with E-state index < -0.39 is 17.9 Å². The maximum atomic E-state index is 12.9. The summed E-state index contributed by atoms with van der Waals surface area (Å²) in [5, 5.41) is 3.93. The number of carbonyl (C=O) groups excluding carboxylic acids is 2. The van der Waals surface area contributed by atoms with Crippen molar-refractivity contribution in [3.63, 3.8) is 0 Å². The van der Waals surface area contributed by atoms with Crippen LogP contribution in [0.2, 0.25) is 0 Å². The first kappa shape index (κ1) is 16.9. The zero-order valence-electron chi connectivity index (χ0n) is 14.2. The van der Waals surface area contributed by atoms with Crippen molar-refractivity contribution in [2.75, 3.05) is 6.79 Å². The molecule has 5 rings (SSSR count). The van der Waals surface area contributed by atoms with Crippen LogP contribution in [0.25, 0.3) is 11.4 Å². The summed E-state index contributed by atoms with van der Waals surface area (Å²) >= 11 is 3.43. The van der Waals surface area contributed by atoms with Crippen LogP contribution in [0.4, 0.5) is 4.79 Å². The van der Waals surface area contributed by atoms with Gasteiger partial charge >= 0.3 is 6.03 Å². The molecule has 1 atom stereocenters. The Balaban J connectivity index is 1.41. The van der Waals surface area contributed by atoms with Gasteiger partial charge in [-0.3, -0.25) is 9.69 Å². The van der Waals surface area contributed by atoms with Crippen molar-refractivity contribution in [1.82, 2.24) is 15.0 Å². The molecule has 28 heavy (non-hydrogen) atoms. The van der Waals surface area contributed by atoms with Crippen LogP contribution >= 0.6 is 15.9 Å². The summed E-state index contributed by atoms with van der Waals surface area (Å²) in [5.41, 5.74) is 1.07. The molecule has 1 aliphatic carbocycles. The molecule has 0 N–H and O–H groups in total. The number of ether oxygens (including phenoxy) is 2. The van der Waals surface area contributed by atoms with E-state index in [9.17, 15) is 9.59 Å². The second kappa shape index (κ2) is 6.41. The topological polar surface area (TPSA) is 107 Å². The smallest absolute Gasteiger partial charge is 0.351 e. The predicted octanol–water partition coefficient (Wildman–Crippen LogP) is 2.80. The van der Waals surface area contributed by atoms with Crippen molar-refractivity contribution in [3.05, 3.63) is 58.3 Å². The third kappa shape index (κ3) is 2.73. The predicted molar refractivity (Wildman–Crippen MR) is 97.5 cm³/mol. The first-order chi connectivity index (χ1) is 13.6. The number of carbonyl (C=O) groups is 2. The summed E-state index contributed by atoms with van der Waals surface area (Å²) in [5.74, 6) is 0.274. The number of rotatable bonds is 3. The Labute approximate surface area is 166 Å². The molecule has 3 amide bonds. The van der Waals surface area contributed by atoms with Gasteiger partial charge in [0.05, 0.1) is 5.71 Å². The average molecular weight is 443 g/mol.